The third-order valence-corrected chi connectivity index (χ3v) is 4.44. The molecule has 0 fully saturated rings. The van der Waals surface area contributed by atoms with E-state index in [4.69, 9.17) is 5.10 Å². The van der Waals surface area contributed by atoms with Crippen LogP contribution in [-0.4, -0.2) is 36.1 Å². The number of pyridine rings is 1. The van der Waals surface area contributed by atoms with Gasteiger partial charge in [-0.15, -0.1) is 0 Å². The van der Waals surface area contributed by atoms with Crippen LogP contribution in [-0.2, 0) is 6.42 Å². The molecule has 5 heterocycles. The van der Waals surface area contributed by atoms with Crippen LogP contribution in [0.2, 0.25) is 0 Å². The van der Waals surface area contributed by atoms with Gasteiger partial charge in [0, 0.05) is 37.3 Å². The first-order chi connectivity index (χ1) is 11.9. The molecular formula is C17H15N7. The van der Waals surface area contributed by atoms with Gasteiger partial charge in [0.25, 0.3) is 0 Å². The molecule has 4 aromatic heterocycles. The number of hydrogen-bond acceptors (Lipinski definition) is 5. The van der Waals surface area contributed by atoms with Gasteiger partial charge < -0.3 is 9.88 Å². The molecule has 1 aliphatic rings. The minimum absolute atomic E-state index is 0.0726. The number of rotatable bonds is 2. The van der Waals surface area contributed by atoms with Gasteiger partial charge in [-0.2, -0.15) is 5.10 Å². The van der Waals surface area contributed by atoms with E-state index < -0.39 is 0 Å². The van der Waals surface area contributed by atoms with Gasteiger partial charge in [-0.1, -0.05) is 6.07 Å². The smallest absolute Gasteiger partial charge is 0.147 e. The van der Waals surface area contributed by atoms with Gasteiger partial charge >= 0.3 is 0 Å². The highest BCUT2D eigenvalue weighted by Crippen LogP contribution is 2.35. The van der Waals surface area contributed by atoms with Crippen molar-refractivity contribution in [1.29, 1.82) is 0 Å². The van der Waals surface area contributed by atoms with E-state index in [1.165, 1.54) is 0 Å². The highest BCUT2D eigenvalue weighted by molar-refractivity contribution is 5.53. The summed E-state index contributed by atoms with van der Waals surface area (Å²) < 4.78 is 1.89. The van der Waals surface area contributed by atoms with E-state index in [0.29, 0.717) is 0 Å². The number of aromatic amines is 1. The van der Waals surface area contributed by atoms with Crippen LogP contribution in [0.15, 0.2) is 55.4 Å². The van der Waals surface area contributed by atoms with Crippen molar-refractivity contribution in [3.05, 3.63) is 72.5 Å². The van der Waals surface area contributed by atoms with Gasteiger partial charge in [-0.25, -0.2) is 14.5 Å². The fraction of sp³-hybridized carbons (Fsp3) is 0.176. The molecule has 0 aromatic carbocycles. The standard InChI is InChI=1S/C17H15N7/c1-2-7-24-12(3-1)9-14(22-24)17-16-13(20-11-21-16)4-8-23(17)15-10-18-5-6-19-15/h1-3,5-7,9-11,17H,4,8H2,(H,20,21)/t17-/m0/s1. The van der Waals surface area contributed by atoms with E-state index in [2.05, 4.69) is 37.0 Å². The Morgan fingerprint density at radius 2 is 2.17 bits per heavy atom. The summed E-state index contributed by atoms with van der Waals surface area (Å²) in [6, 6.07) is 8.08. The summed E-state index contributed by atoms with van der Waals surface area (Å²) in [7, 11) is 0. The molecule has 0 aliphatic carbocycles. The Morgan fingerprint density at radius 1 is 1.17 bits per heavy atom. The Bertz CT molecular complexity index is 955. The van der Waals surface area contributed by atoms with Crippen LogP contribution in [0.5, 0.6) is 0 Å². The molecule has 0 bridgehead atoms. The minimum Gasteiger partial charge on any atom is -0.348 e. The predicted molar refractivity (Wildman–Crippen MR) is 88.7 cm³/mol. The first kappa shape index (κ1) is 13.2. The predicted octanol–water partition coefficient (Wildman–Crippen LogP) is 2.00. The number of nitrogens with one attached hydrogen (secondary N) is 1. The van der Waals surface area contributed by atoms with Gasteiger partial charge in [0.1, 0.15) is 11.9 Å². The molecule has 7 nitrogen and oxygen atoms in total. The summed E-state index contributed by atoms with van der Waals surface area (Å²) in [5, 5.41) is 4.76. The van der Waals surface area contributed by atoms with E-state index >= 15 is 0 Å². The largest absolute Gasteiger partial charge is 0.348 e. The molecule has 1 aliphatic heterocycles. The molecular weight excluding hydrogens is 302 g/mol. The number of H-pyrrole nitrogens is 1. The number of hydrogen-bond donors (Lipinski definition) is 1. The molecule has 0 radical (unpaired) electrons. The lowest BCUT2D eigenvalue weighted by Crippen LogP contribution is -2.37. The Balaban J connectivity index is 1.68. The van der Waals surface area contributed by atoms with Crippen molar-refractivity contribution in [3.63, 3.8) is 0 Å². The minimum atomic E-state index is -0.0726. The SMILES string of the molecule is c1ccn2nc([C@H]3c4nc[nH]c4CCN3c3cnccn3)cc2c1. The van der Waals surface area contributed by atoms with Crippen molar-refractivity contribution in [2.45, 2.75) is 12.5 Å². The fourth-order valence-corrected chi connectivity index (χ4v) is 3.35. The summed E-state index contributed by atoms with van der Waals surface area (Å²) >= 11 is 0. The number of nitrogens with zero attached hydrogens (tertiary/aromatic N) is 6. The number of imidazole rings is 1. The van der Waals surface area contributed by atoms with Crippen LogP contribution in [0.25, 0.3) is 5.52 Å². The van der Waals surface area contributed by atoms with Gasteiger partial charge in [-0.3, -0.25) is 4.98 Å². The van der Waals surface area contributed by atoms with E-state index in [1.807, 2.05) is 22.8 Å². The van der Waals surface area contributed by atoms with Crippen molar-refractivity contribution < 1.29 is 0 Å². The average Bonchev–Trinajstić information content (AvgIpc) is 3.28. The summed E-state index contributed by atoms with van der Waals surface area (Å²) in [6.45, 7) is 0.840. The lowest BCUT2D eigenvalue weighted by molar-refractivity contribution is 0.609. The molecule has 118 valence electrons. The van der Waals surface area contributed by atoms with Gasteiger partial charge in [-0.05, 0) is 18.2 Å². The third kappa shape index (κ3) is 1.98. The second-order valence-electron chi connectivity index (χ2n) is 5.82. The Hall–Kier alpha value is -3.22. The number of fused-ring (bicyclic) bond motifs is 2. The lowest BCUT2D eigenvalue weighted by atomic mass is 10.00. The van der Waals surface area contributed by atoms with Crippen molar-refractivity contribution in [2.24, 2.45) is 0 Å². The maximum atomic E-state index is 4.76. The fourth-order valence-electron chi connectivity index (χ4n) is 3.35. The summed E-state index contributed by atoms with van der Waals surface area (Å²) in [5.41, 5.74) is 4.20. The molecule has 0 spiro atoms. The molecule has 4 aromatic rings. The zero-order valence-electron chi connectivity index (χ0n) is 12.9. The van der Waals surface area contributed by atoms with Crippen molar-refractivity contribution in [1.82, 2.24) is 29.5 Å². The first-order valence-corrected chi connectivity index (χ1v) is 7.89. The molecule has 0 saturated carbocycles. The van der Waals surface area contributed by atoms with Gasteiger partial charge in [0.2, 0.25) is 0 Å². The normalized spacial score (nSPS) is 17.2. The van der Waals surface area contributed by atoms with Crippen LogP contribution in [0.3, 0.4) is 0 Å². The molecule has 5 rings (SSSR count). The molecule has 1 atom stereocenters. The van der Waals surface area contributed by atoms with Crippen molar-refractivity contribution in [2.75, 3.05) is 11.4 Å². The third-order valence-electron chi connectivity index (χ3n) is 4.44. The van der Waals surface area contributed by atoms with Crippen LogP contribution in [0, 0.1) is 0 Å². The topological polar surface area (TPSA) is 75.0 Å². The zero-order chi connectivity index (χ0) is 15.9. The molecule has 1 N–H and O–H groups in total. The van der Waals surface area contributed by atoms with E-state index in [9.17, 15) is 0 Å². The quantitative estimate of drug-likeness (QED) is 0.612. The van der Waals surface area contributed by atoms with Crippen LogP contribution < -0.4 is 4.90 Å². The van der Waals surface area contributed by atoms with E-state index in [1.54, 1.807) is 24.9 Å². The van der Waals surface area contributed by atoms with Crippen LogP contribution in [0.1, 0.15) is 23.1 Å². The highest BCUT2D eigenvalue weighted by atomic mass is 15.3. The Kier molecular flexibility index (Phi) is 2.84. The van der Waals surface area contributed by atoms with Crippen LogP contribution in [0.4, 0.5) is 5.82 Å². The monoisotopic (exact) mass is 317 g/mol. The van der Waals surface area contributed by atoms with Gasteiger partial charge in [0.15, 0.2) is 0 Å². The first-order valence-electron chi connectivity index (χ1n) is 7.89. The second-order valence-corrected chi connectivity index (χ2v) is 5.82. The zero-order valence-corrected chi connectivity index (χ0v) is 12.9. The van der Waals surface area contributed by atoms with Crippen molar-refractivity contribution in [3.8, 4) is 0 Å². The van der Waals surface area contributed by atoms with E-state index in [0.717, 1.165) is 41.4 Å². The highest BCUT2D eigenvalue weighted by Gasteiger charge is 2.33. The lowest BCUT2D eigenvalue weighted by Gasteiger charge is -2.34. The van der Waals surface area contributed by atoms with Gasteiger partial charge in [0.05, 0.1) is 29.4 Å². The van der Waals surface area contributed by atoms with E-state index in [-0.39, 0.29) is 6.04 Å². The number of aromatic nitrogens is 6. The van der Waals surface area contributed by atoms with Crippen LogP contribution >= 0.6 is 0 Å². The second kappa shape index (κ2) is 5.16. The molecule has 0 saturated heterocycles. The summed E-state index contributed by atoms with van der Waals surface area (Å²) in [6.07, 6.45) is 9.81. The Labute approximate surface area is 138 Å². The maximum absolute atomic E-state index is 4.76. The summed E-state index contributed by atoms with van der Waals surface area (Å²) in [4.78, 5) is 18.7. The van der Waals surface area contributed by atoms with Crippen molar-refractivity contribution >= 4 is 11.3 Å². The molecule has 0 unspecified atom stereocenters. The molecule has 24 heavy (non-hydrogen) atoms. The Morgan fingerprint density at radius 3 is 3.04 bits per heavy atom. The average molecular weight is 317 g/mol. The molecule has 7 heteroatoms. The summed E-state index contributed by atoms with van der Waals surface area (Å²) in [5.74, 6) is 0.841. The number of anilines is 1. The molecule has 0 amide bonds. The maximum Gasteiger partial charge on any atom is 0.147 e.